The van der Waals surface area contributed by atoms with Crippen LogP contribution in [0.25, 0.3) is 0 Å². The Morgan fingerprint density at radius 3 is 2.62 bits per heavy atom. The first kappa shape index (κ1) is 17.3. The Bertz CT molecular complexity index is 706. The van der Waals surface area contributed by atoms with Crippen molar-refractivity contribution in [3.63, 3.8) is 0 Å². The van der Waals surface area contributed by atoms with Gasteiger partial charge in [-0.3, -0.25) is 9.59 Å². The molecular weight excluding hydrogens is 330 g/mol. The van der Waals surface area contributed by atoms with Gasteiger partial charge in [0.1, 0.15) is 0 Å². The molecule has 4 rings (SSSR count). The quantitative estimate of drug-likeness (QED) is 0.880. The summed E-state index contributed by atoms with van der Waals surface area (Å²) in [5.41, 5.74) is 2.24. The van der Waals surface area contributed by atoms with Crippen molar-refractivity contribution in [3.05, 3.63) is 22.9 Å². The second kappa shape index (κ2) is 7.25. The van der Waals surface area contributed by atoms with Crippen molar-refractivity contribution < 1.29 is 14.3 Å². The number of nitrogens with one attached hydrogen (secondary N) is 1. The van der Waals surface area contributed by atoms with Crippen LogP contribution in [0.2, 0.25) is 0 Å². The van der Waals surface area contributed by atoms with Crippen molar-refractivity contribution in [3.8, 4) is 5.88 Å². The van der Waals surface area contributed by atoms with Crippen molar-refractivity contribution in [1.29, 1.82) is 0 Å². The molecule has 1 N–H and O–H groups in total. The summed E-state index contributed by atoms with van der Waals surface area (Å²) in [6.45, 7) is 0.930. The molecule has 2 amide bonds. The molecule has 1 aliphatic heterocycles. The number of rotatable bonds is 5. The minimum Gasteiger partial charge on any atom is -0.481 e. The largest absolute Gasteiger partial charge is 0.481 e. The number of hydrogen-bond donors (Lipinski definition) is 1. The van der Waals surface area contributed by atoms with Crippen molar-refractivity contribution in [1.82, 2.24) is 15.2 Å². The Kier molecular flexibility index (Phi) is 4.83. The highest BCUT2D eigenvalue weighted by molar-refractivity contribution is 5.98. The van der Waals surface area contributed by atoms with Gasteiger partial charge in [0.15, 0.2) is 0 Å². The van der Waals surface area contributed by atoms with Gasteiger partial charge < -0.3 is 15.0 Å². The molecule has 2 saturated carbocycles. The van der Waals surface area contributed by atoms with E-state index in [4.69, 9.17) is 4.74 Å². The lowest BCUT2D eigenvalue weighted by atomic mass is 10.1. The zero-order valence-corrected chi connectivity index (χ0v) is 15.4. The van der Waals surface area contributed by atoms with Gasteiger partial charge in [-0.2, -0.15) is 0 Å². The normalized spacial score (nSPS) is 20.7. The third-order valence-electron chi connectivity index (χ3n) is 6.09. The summed E-state index contributed by atoms with van der Waals surface area (Å²) in [5, 5.41) is 3.00. The number of hydrogen-bond acceptors (Lipinski definition) is 4. The number of nitrogens with zero attached hydrogens (tertiary/aromatic N) is 2. The number of aromatic nitrogens is 1. The first-order valence-corrected chi connectivity index (χ1v) is 9.83. The van der Waals surface area contributed by atoms with Gasteiger partial charge in [-0.1, -0.05) is 25.7 Å². The third-order valence-corrected chi connectivity index (χ3v) is 6.09. The fourth-order valence-electron chi connectivity index (χ4n) is 4.60. The SMILES string of the molecule is COc1nc2c(cc1CNC(=O)C1CCCC1)C(=O)N(C1CCCC1)C2. The van der Waals surface area contributed by atoms with Crippen molar-refractivity contribution in [2.75, 3.05) is 7.11 Å². The van der Waals surface area contributed by atoms with Crippen LogP contribution in [0.5, 0.6) is 5.88 Å². The maximum atomic E-state index is 12.8. The van der Waals surface area contributed by atoms with E-state index in [9.17, 15) is 9.59 Å². The van der Waals surface area contributed by atoms with Crippen LogP contribution in [0.1, 0.15) is 73.0 Å². The average Bonchev–Trinajstić information content (AvgIpc) is 3.40. The van der Waals surface area contributed by atoms with Crippen LogP contribution in [0.3, 0.4) is 0 Å². The highest BCUT2D eigenvalue weighted by Crippen LogP contribution is 2.33. The summed E-state index contributed by atoms with van der Waals surface area (Å²) in [5.74, 6) is 0.814. The molecule has 1 aromatic rings. The van der Waals surface area contributed by atoms with Crippen LogP contribution >= 0.6 is 0 Å². The van der Waals surface area contributed by atoms with Crippen LogP contribution in [0.4, 0.5) is 0 Å². The summed E-state index contributed by atoms with van der Waals surface area (Å²) < 4.78 is 5.43. The Labute approximate surface area is 154 Å². The minimum atomic E-state index is 0.0745. The van der Waals surface area contributed by atoms with E-state index in [-0.39, 0.29) is 17.7 Å². The van der Waals surface area contributed by atoms with Crippen LogP contribution < -0.4 is 10.1 Å². The maximum absolute atomic E-state index is 12.8. The number of ether oxygens (including phenoxy) is 1. The number of amides is 2. The molecule has 0 bridgehead atoms. The van der Waals surface area contributed by atoms with E-state index < -0.39 is 0 Å². The van der Waals surface area contributed by atoms with E-state index in [1.165, 1.54) is 12.8 Å². The predicted octanol–water partition coefficient (Wildman–Crippen LogP) is 2.80. The highest BCUT2D eigenvalue weighted by Gasteiger charge is 2.36. The summed E-state index contributed by atoms with van der Waals surface area (Å²) in [6.07, 6.45) is 8.77. The monoisotopic (exact) mass is 357 g/mol. The lowest BCUT2D eigenvalue weighted by Crippen LogP contribution is -2.33. The zero-order chi connectivity index (χ0) is 18.1. The van der Waals surface area contributed by atoms with E-state index in [0.29, 0.717) is 30.6 Å². The average molecular weight is 357 g/mol. The number of methoxy groups -OCH3 is 1. The standard InChI is InChI=1S/C20H27N3O3/c1-26-19-14(11-21-18(24)13-6-2-3-7-13)10-16-17(22-19)12-23(20(16)25)15-8-4-5-9-15/h10,13,15H,2-9,11-12H2,1H3,(H,21,24). The molecule has 0 spiro atoms. The first-order chi connectivity index (χ1) is 12.7. The molecule has 0 saturated heterocycles. The van der Waals surface area contributed by atoms with Crippen molar-refractivity contribution in [2.45, 2.75) is 70.5 Å². The molecule has 0 aromatic carbocycles. The van der Waals surface area contributed by atoms with Gasteiger partial charge in [-0.25, -0.2) is 4.98 Å². The number of pyridine rings is 1. The van der Waals surface area contributed by atoms with Crippen molar-refractivity contribution in [2.24, 2.45) is 5.92 Å². The number of fused-ring (bicyclic) bond motifs is 1. The Hall–Kier alpha value is -2.11. The summed E-state index contributed by atoms with van der Waals surface area (Å²) >= 11 is 0. The van der Waals surface area contributed by atoms with Gasteiger partial charge in [-0.05, 0) is 31.7 Å². The van der Waals surface area contributed by atoms with E-state index >= 15 is 0 Å². The molecule has 1 aromatic heterocycles. The molecule has 2 aliphatic carbocycles. The van der Waals surface area contributed by atoms with Crippen molar-refractivity contribution >= 4 is 11.8 Å². The van der Waals surface area contributed by atoms with E-state index in [1.54, 1.807) is 7.11 Å². The zero-order valence-electron chi connectivity index (χ0n) is 15.4. The molecule has 26 heavy (non-hydrogen) atoms. The van der Waals surface area contributed by atoms with Crippen LogP contribution in [0.15, 0.2) is 6.07 Å². The number of carbonyl (C=O) groups excluding carboxylic acids is 2. The molecule has 0 unspecified atom stereocenters. The highest BCUT2D eigenvalue weighted by atomic mass is 16.5. The molecule has 3 aliphatic rings. The smallest absolute Gasteiger partial charge is 0.256 e. The first-order valence-electron chi connectivity index (χ1n) is 9.83. The lowest BCUT2D eigenvalue weighted by Gasteiger charge is -2.22. The molecule has 2 heterocycles. The van der Waals surface area contributed by atoms with Gasteiger partial charge in [-0.15, -0.1) is 0 Å². The van der Waals surface area contributed by atoms with Crippen LogP contribution in [-0.4, -0.2) is 34.8 Å². The summed E-state index contributed by atoms with van der Waals surface area (Å²) in [6, 6.07) is 2.21. The topological polar surface area (TPSA) is 71.5 Å². The van der Waals surface area contributed by atoms with E-state index in [2.05, 4.69) is 10.3 Å². The molecule has 6 heteroatoms. The second-order valence-corrected chi connectivity index (χ2v) is 7.72. The maximum Gasteiger partial charge on any atom is 0.256 e. The minimum absolute atomic E-state index is 0.0745. The lowest BCUT2D eigenvalue weighted by molar-refractivity contribution is -0.124. The molecule has 2 fully saturated rings. The van der Waals surface area contributed by atoms with Crippen LogP contribution in [0, 0.1) is 5.92 Å². The summed E-state index contributed by atoms with van der Waals surface area (Å²) in [4.78, 5) is 31.7. The molecule has 0 radical (unpaired) electrons. The second-order valence-electron chi connectivity index (χ2n) is 7.72. The fraction of sp³-hybridized carbons (Fsp3) is 0.650. The van der Waals surface area contributed by atoms with Gasteiger partial charge in [0.2, 0.25) is 11.8 Å². The van der Waals surface area contributed by atoms with Gasteiger partial charge in [0.05, 0.1) is 24.9 Å². The number of carbonyl (C=O) groups is 2. The predicted molar refractivity (Wildman–Crippen MR) is 96.7 cm³/mol. The fourth-order valence-corrected chi connectivity index (χ4v) is 4.60. The van der Waals surface area contributed by atoms with E-state index in [0.717, 1.165) is 49.8 Å². The molecule has 0 atom stereocenters. The molecule has 6 nitrogen and oxygen atoms in total. The Morgan fingerprint density at radius 1 is 1.23 bits per heavy atom. The van der Waals surface area contributed by atoms with Gasteiger partial charge in [0, 0.05) is 24.1 Å². The van der Waals surface area contributed by atoms with Crippen LogP contribution in [-0.2, 0) is 17.9 Å². The molecule has 140 valence electrons. The Balaban J connectivity index is 1.50. The van der Waals surface area contributed by atoms with Gasteiger partial charge in [0.25, 0.3) is 5.91 Å². The summed E-state index contributed by atoms with van der Waals surface area (Å²) in [7, 11) is 1.59. The van der Waals surface area contributed by atoms with E-state index in [1.807, 2.05) is 11.0 Å². The third kappa shape index (κ3) is 3.17. The molecular formula is C20H27N3O3. The Morgan fingerprint density at radius 2 is 1.92 bits per heavy atom. The van der Waals surface area contributed by atoms with Gasteiger partial charge >= 0.3 is 0 Å².